The average molecular weight is 347 g/mol. The molecule has 3 aromatic rings. The summed E-state index contributed by atoms with van der Waals surface area (Å²) in [5.41, 5.74) is 7.15. The van der Waals surface area contributed by atoms with Gasteiger partial charge in [0.2, 0.25) is 0 Å². The van der Waals surface area contributed by atoms with Gasteiger partial charge in [0, 0.05) is 23.4 Å². The molecule has 4 nitrogen and oxygen atoms in total. The van der Waals surface area contributed by atoms with Crippen molar-refractivity contribution in [3.63, 3.8) is 0 Å². The Bertz CT molecular complexity index is 926. The van der Waals surface area contributed by atoms with Crippen molar-refractivity contribution in [1.82, 2.24) is 15.1 Å². The van der Waals surface area contributed by atoms with Gasteiger partial charge in [0.15, 0.2) is 0 Å². The Morgan fingerprint density at radius 1 is 1.04 bits per heavy atom. The summed E-state index contributed by atoms with van der Waals surface area (Å²) >= 11 is 0. The monoisotopic (exact) mass is 347 g/mol. The van der Waals surface area contributed by atoms with Gasteiger partial charge in [0.25, 0.3) is 5.91 Å². The summed E-state index contributed by atoms with van der Waals surface area (Å²) < 4.78 is 2.00. The summed E-state index contributed by atoms with van der Waals surface area (Å²) in [4.78, 5) is 12.6. The van der Waals surface area contributed by atoms with Crippen molar-refractivity contribution in [2.45, 2.75) is 40.8 Å². The highest BCUT2D eigenvalue weighted by atomic mass is 16.1. The minimum atomic E-state index is -0.0409. The number of nitrogens with one attached hydrogen (secondary N) is 1. The molecule has 3 rings (SSSR count). The molecule has 0 atom stereocenters. The Labute approximate surface area is 154 Å². The first-order valence-electron chi connectivity index (χ1n) is 8.88. The van der Waals surface area contributed by atoms with Crippen LogP contribution in [0.25, 0.3) is 0 Å². The van der Waals surface area contributed by atoms with Gasteiger partial charge in [-0.15, -0.1) is 0 Å². The molecule has 0 saturated heterocycles. The molecule has 26 heavy (non-hydrogen) atoms. The Morgan fingerprint density at radius 3 is 2.50 bits per heavy atom. The molecule has 0 spiro atoms. The highest BCUT2D eigenvalue weighted by molar-refractivity contribution is 5.95. The van der Waals surface area contributed by atoms with Gasteiger partial charge in [-0.3, -0.25) is 9.48 Å². The van der Waals surface area contributed by atoms with Gasteiger partial charge in [-0.1, -0.05) is 48.0 Å². The zero-order valence-corrected chi connectivity index (χ0v) is 15.8. The second kappa shape index (κ2) is 7.56. The molecule has 0 radical (unpaired) electrons. The van der Waals surface area contributed by atoms with E-state index >= 15 is 0 Å². The van der Waals surface area contributed by atoms with Gasteiger partial charge in [-0.05, 0) is 44.9 Å². The zero-order chi connectivity index (χ0) is 18.7. The summed E-state index contributed by atoms with van der Waals surface area (Å²) in [5.74, 6) is -0.0409. The van der Waals surface area contributed by atoms with Crippen molar-refractivity contribution in [3.8, 4) is 0 Å². The largest absolute Gasteiger partial charge is 0.348 e. The van der Waals surface area contributed by atoms with E-state index in [2.05, 4.69) is 29.5 Å². The summed E-state index contributed by atoms with van der Waals surface area (Å²) in [6.07, 6.45) is 0. The van der Waals surface area contributed by atoms with Crippen molar-refractivity contribution in [2.75, 3.05) is 0 Å². The number of amides is 1. The lowest BCUT2D eigenvalue weighted by Crippen LogP contribution is -2.24. The standard InChI is InChI=1S/C22H25N3O/c1-15-10-11-16(2)20(12-15)22(26)23-13-21-17(3)24-25(18(21)4)14-19-8-6-5-7-9-19/h5-12H,13-14H2,1-4H3,(H,23,26). The quantitative estimate of drug-likeness (QED) is 0.755. The number of carbonyl (C=O) groups is 1. The molecule has 0 aliphatic carbocycles. The molecule has 4 heteroatoms. The summed E-state index contributed by atoms with van der Waals surface area (Å²) in [5, 5.41) is 7.70. The third-order valence-corrected chi connectivity index (χ3v) is 4.77. The van der Waals surface area contributed by atoms with E-state index < -0.39 is 0 Å². The van der Waals surface area contributed by atoms with Crippen LogP contribution in [-0.4, -0.2) is 15.7 Å². The molecule has 0 bridgehead atoms. The van der Waals surface area contributed by atoms with E-state index in [9.17, 15) is 4.79 Å². The van der Waals surface area contributed by atoms with Gasteiger partial charge in [0.05, 0.1) is 12.2 Å². The molecule has 134 valence electrons. The van der Waals surface area contributed by atoms with Crippen molar-refractivity contribution in [2.24, 2.45) is 0 Å². The Balaban J connectivity index is 1.74. The fourth-order valence-electron chi connectivity index (χ4n) is 3.14. The number of hydrogen-bond donors (Lipinski definition) is 1. The fourth-order valence-corrected chi connectivity index (χ4v) is 3.14. The van der Waals surface area contributed by atoms with Gasteiger partial charge >= 0.3 is 0 Å². The topological polar surface area (TPSA) is 46.9 Å². The zero-order valence-electron chi connectivity index (χ0n) is 15.8. The van der Waals surface area contributed by atoms with Crippen LogP contribution in [0.3, 0.4) is 0 Å². The summed E-state index contributed by atoms with van der Waals surface area (Å²) in [7, 11) is 0. The van der Waals surface area contributed by atoms with Crippen molar-refractivity contribution in [3.05, 3.63) is 87.7 Å². The van der Waals surface area contributed by atoms with Crippen LogP contribution in [0.2, 0.25) is 0 Å². The van der Waals surface area contributed by atoms with Gasteiger partial charge in [-0.2, -0.15) is 5.10 Å². The summed E-state index contributed by atoms with van der Waals surface area (Å²) in [6.45, 7) is 9.23. The molecule has 0 aliphatic rings. The molecule has 1 aromatic heterocycles. The maximum Gasteiger partial charge on any atom is 0.251 e. The van der Waals surface area contributed by atoms with Crippen molar-refractivity contribution < 1.29 is 4.79 Å². The molecule has 1 N–H and O–H groups in total. The van der Waals surface area contributed by atoms with E-state index in [0.717, 1.165) is 40.2 Å². The average Bonchev–Trinajstić information content (AvgIpc) is 2.89. The lowest BCUT2D eigenvalue weighted by atomic mass is 10.0. The van der Waals surface area contributed by atoms with E-state index in [1.54, 1.807) is 0 Å². The van der Waals surface area contributed by atoms with Gasteiger partial charge in [0.1, 0.15) is 0 Å². The number of benzene rings is 2. The maximum atomic E-state index is 12.6. The predicted octanol–water partition coefficient (Wildman–Crippen LogP) is 4.10. The van der Waals surface area contributed by atoms with Crippen molar-refractivity contribution in [1.29, 1.82) is 0 Å². The normalized spacial score (nSPS) is 10.8. The van der Waals surface area contributed by atoms with E-state index in [0.29, 0.717) is 6.54 Å². The first-order valence-corrected chi connectivity index (χ1v) is 8.88. The Hall–Kier alpha value is -2.88. The lowest BCUT2D eigenvalue weighted by Gasteiger charge is -2.09. The van der Waals surface area contributed by atoms with E-state index in [4.69, 9.17) is 0 Å². The second-order valence-corrected chi connectivity index (χ2v) is 6.79. The van der Waals surface area contributed by atoms with Gasteiger partial charge < -0.3 is 5.32 Å². The maximum absolute atomic E-state index is 12.6. The van der Waals surface area contributed by atoms with Crippen LogP contribution in [-0.2, 0) is 13.1 Å². The number of aromatic nitrogens is 2. The van der Waals surface area contributed by atoms with E-state index in [1.165, 1.54) is 5.56 Å². The van der Waals surface area contributed by atoms with Crippen LogP contribution in [0.5, 0.6) is 0 Å². The van der Waals surface area contributed by atoms with Crippen LogP contribution < -0.4 is 5.32 Å². The minimum absolute atomic E-state index is 0.0409. The Kier molecular flexibility index (Phi) is 5.21. The van der Waals surface area contributed by atoms with Crippen LogP contribution in [0.1, 0.15) is 44.0 Å². The molecule has 0 aliphatic heterocycles. The first-order chi connectivity index (χ1) is 12.5. The highest BCUT2D eigenvalue weighted by Gasteiger charge is 2.14. The van der Waals surface area contributed by atoms with E-state index in [-0.39, 0.29) is 5.91 Å². The van der Waals surface area contributed by atoms with Crippen LogP contribution >= 0.6 is 0 Å². The number of nitrogens with zero attached hydrogens (tertiary/aromatic N) is 2. The molecular weight excluding hydrogens is 322 g/mol. The number of aryl methyl sites for hydroxylation is 3. The predicted molar refractivity (Wildman–Crippen MR) is 104 cm³/mol. The number of hydrogen-bond acceptors (Lipinski definition) is 2. The third kappa shape index (κ3) is 3.85. The number of carbonyl (C=O) groups excluding carboxylic acids is 1. The molecule has 0 unspecified atom stereocenters. The molecular formula is C22H25N3O. The highest BCUT2D eigenvalue weighted by Crippen LogP contribution is 2.16. The molecule has 0 fully saturated rings. The lowest BCUT2D eigenvalue weighted by molar-refractivity contribution is 0.0950. The molecule has 2 aromatic carbocycles. The second-order valence-electron chi connectivity index (χ2n) is 6.79. The summed E-state index contributed by atoms with van der Waals surface area (Å²) in [6, 6.07) is 16.2. The van der Waals surface area contributed by atoms with Crippen LogP contribution in [0.15, 0.2) is 48.5 Å². The van der Waals surface area contributed by atoms with Gasteiger partial charge in [-0.25, -0.2) is 0 Å². The fraction of sp³-hybridized carbons (Fsp3) is 0.273. The molecule has 0 saturated carbocycles. The van der Waals surface area contributed by atoms with Crippen LogP contribution in [0.4, 0.5) is 0 Å². The number of rotatable bonds is 5. The molecule has 1 amide bonds. The van der Waals surface area contributed by atoms with Crippen molar-refractivity contribution >= 4 is 5.91 Å². The first kappa shape index (κ1) is 17.9. The minimum Gasteiger partial charge on any atom is -0.348 e. The molecule has 1 heterocycles. The van der Waals surface area contributed by atoms with E-state index in [1.807, 2.05) is 61.9 Å². The Morgan fingerprint density at radius 2 is 1.77 bits per heavy atom. The SMILES string of the molecule is Cc1ccc(C)c(C(=O)NCc2c(C)nn(Cc3ccccc3)c2C)c1. The van der Waals surface area contributed by atoms with Crippen LogP contribution in [0, 0.1) is 27.7 Å². The smallest absolute Gasteiger partial charge is 0.251 e. The third-order valence-electron chi connectivity index (χ3n) is 4.77.